The zero-order valence-electron chi connectivity index (χ0n) is 19.7. The van der Waals surface area contributed by atoms with E-state index in [4.69, 9.17) is 14.2 Å². The van der Waals surface area contributed by atoms with Crippen molar-refractivity contribution >= 4 is 5.96 Å². The molecular weight excluding hydrogens is 394 g/mol. The second kappa shape index (κ2) is 11.0. The SMILES string of the molecule is CN=C(NCC1(N(C)C)CCOCC1)NC1CCN(Cc2cc(OC)cc(OC)c2)C1. The first kappa shape index (κ1) is 23.6. The molecule has 0 aromatic heterocycles. The number of rotatable bonds is 8. The predicted octanol–water partition coefficient (Wildman–Crippen LogP) is 1.55. The van der Waals surface area contributed by atoms with Crippen LogP contribution in [0.1, 0.15) is 24.8 Å². The molecule has 0 saturated carbocycles. The zero-order valence-corrected chi connectivity index (χ0v) is 19.7. The number of likely N-dealkylation sites (N-methyl/N-ethyl adjacent to an activating group) is 1. The zero-order chi connectivity index (χ0) is 22.3. The van der Waals surface area contributed by atoms with E-state index in [0.717, 1.165) is 76.1 Å². The van der Waals surface area contributed by atoms with Gasteiger partial charge in [-0.25, -0.2) is 0 Å². The van der Waals surface area contributed by atoms with Gasteiger partial charge in [0.1, 0.15) is 11.5 Å². The molecule has 2 aliphatic rings. The highest BCUT2D eigenvalue weighted by Crippen LogP contribution is 2.26. The number of hydrogen-bond donors (Lipinski definition) is 2. The molecule has 174 valence electrons. The fraction of sp³-hybridized carbons (Fsp3) is 0.696. The van der Waals surface area contributed by atoms with Gasteiger partial charge in [-0.15, -0.1) is 0 Å². The Morgan fingerprint density at radius 1 is 1.19 bits per heavy atom. The molecule has 3 rings (SSSR count). The Morgan fingerprint density at radius 3 is 2.45 bits per heavy atom. The molecule has 2 fully saturated rings. The summed E-state index contributed by atoms with van der Waals surface area (Å²) in [5.74, 6) is 2.54. The van der Waals surface area contributed by atoms with Gasteiger partial charge < -0.3 is 29.7 Å². The molecule has 0 amide bonds. The van der Waals surface area contributed by atoms with Crippen LogP contribution in [0.4, 0.5) is 0 Å². The maximum Gasteiger partial charge on any atom is 0.191 e. The first-order valence-corrected chi connectivity index (χ1v) is 11.1. The minimum absolute atomic E-state index is 0.114. The van der Waals surface area contributed by atoms with Crippen molar-refractivity contribution in [1.29, 1.82) is 0 Å². The highest BCUT2D eigenvalue weighted by atomic mass is 16.5. The van der Waals surface area contributed by atoms with E-state index in [9.17, 15) is 0 Å². The lowest BCUT2D eigenvalue weighted by atomic mass is 9.88. The van der Waals surface area contributed by atoms with E-state index in [-0.39, 0.29) is 5.54 Å². The molecule has 8 heteroatoms. The Balaban J connectivity index is 1.51. The van der Waals surface area contributed by atoms with Crippen LogP contribution in [-0.4, -0.2) is 95.6 Å². The van der Waals surface area contributed by atoms with Crippen molar-refractivity contribution in [2.75, 3.05) is 68.2 Å². The number of hydrogen-bond acceptors (Lipinski definition) is 6. The quantitative estimate of drug-likeness (QED) is 0.476. The van der Waals surface area contributed by atoms with Crippen LogP contribution in [0.25, 0.3) is 0 Å². The van der Waals surface area contributed by atoms with Gasteiger partial charge in [0.05, 0.1) is 14.2 Å². The molecule has 0 radical (unpaired) electrons. The lowest BCUT2D eigenvalue weighted by molar-refractivity contribution is -0.00502. The maximum absolute atomic E-state index is 5.58. The van der Waals surface area contributed by atoms with Crippen LogP contribution < -0.4 is 20.1 Å². The predicted molar refractivity (Wildman–Crippen MR) is 124 cm³/mol. The van der Waals surface area contributed by atoms with E-state index >= 15 is 0 Å². The average molecular weight is 434 g/mol. The molecule has 1 aromatic carbocycles. The normalized spacial score (nSPS) is 21.9. The molecule has 31 heavy (non-hydrogen) atoms. The summed E-state index contributed by atoms with van der Waals surface area (Å²) in [6.45, 7) is 5.40. The molecule has 0 spiro atoms. The standard InChI is InChI=1S/C23H39N5O3/c1-24-22(25-17-23(27(2)3)7-10-31-11-8-23)26-19-6-9-28(16-19)15-18-12-20(29-4)14-21(13-18)30-5/h12-14,19H,6-11,15-17H2,1-5H3,(H2,24,25,26). The monoisotopic (exact) mass is 433 g/mol. The van der Waals surface area contributed by atoms with Crippen LogP contribution in [-0.2, 0) is 11.3 Å². The van der Waals surface area contributed by atoms with E-state index in [1.165, 1.54) is 5.56 Å². The van der Waals surface area contributed by atoms with Crippen molar-refractivity contribution in [3.8, 4) is 11.5 Å². The van der Waals surface area contributed by atoms with Gasteiger partial charge >= 0.3 is 0 Å². The van der Waals surface area contributed by atoms with Gasteiger partial charge in [-0.3, -0.25) is 9.89 Å². The lowest BCUT2D eigenvalue weighted by Gasteiger charge is -2.43. The first-order valence-electron chi connectivity index (χ1n) is 11.1. The largest absolute Gasteiger partial charge is 0.497 e. The summed E-state index contributed by atoms with van der Waals surface area (Å²) in [7, 11) is 9.54. The van der Waals surface area contributed by atoms with E-state index in [0.29, 0.717) is 6.04 Å². The molecule has 0 bridgehead atoms. The van der Waals surface area contributed by atoms with Crippen LogP contribution >= 0.6 is 0 Å². The van der Waals surface area contributed by atoms with Crippen LogP contribution in [0.2, 0.25) is 0 Å². The molecule has 8 nitrogen and oxygen atoms in total. The third-order valence-corrected chi connectivity index (χ3v) is 6.61. The summed E-state index contributed by atoms with van der Waals surface area (Å²) < 4.78 is 16.4. The summed E-state index contributed by atoms with van der Waals surface area (Å²) in [5.41, 5.74) is 1.31. The highest BCUT2D eigenvalue weighted by Gasteiger charge is 2.35. The molecule has 2 N–H and O–H groups in total. The van der Waals surface area contributed by atoms with Gasteiger partial charge in [0.2, 0.25) is 0 Å². The third-order valence-electron chi connectivity index (χ3n) is 6.61. The minimum atomic E-state index is 0.114. The number of benzene rings is 1. The molecule has 2 heterocycles. The van der Waals surface area contributed by atoms with Crippen LogP contribution in [0.5, 0.6) is 11.5 Å². The molecular formula is C23H39N5O3. The summed E-state index contributed by atoms with van der Waals surface area (Å²) in [5, 5.41) is 7.19. The van der Waals surface area contributed by atoms with Gasteiger partial charge in [-0.2, -0.15) is 0 Å². The van der Waals surface area contributed by atoms with Crippen molar-refractivity contribution < 1.29 is 14.2 Å². The van der Waals surface area contributed by atoms with E-state index < -0.39 is 0 Å². The van der Waals surface area contributed by atoms with Crippen molar-refractivity contribution in [2.45, 2.75) is 37.4 Å². The van der Waals surface area contributed by atoms with E-state index in [2.05, 4.69) is 51.7 Å². The Kier molecular flexibility index (Phi) is 8.40. The summed E-state index contributed by atoms with van der Waals surface area (Å²) in [6, 6.07) is 6.45. The average Bonchev–Trinajstić information content (AvgIpc) is 3.23. The van der Waals surface area contributed by atoms with Crippen molar-refractivity contribution in [1.82, 2.24) is 20.4 Å². The van der Waals surface area contributed by atoms with Crippen LogP contribution in [0.3, 0.4) is 0 Å². The van der Waals surface area contributed by atoms with Gasteiger partial charge in [0.25, 0.3) is 0 Å². The van der Waals surface area contributed by atoms with Crippen molar-refractivity contribution in [2.24, 2.45) is 4.99 Å². The van der Waals surface area contributed by atoms with Gasteiger partial charge in [0.15, 0.2) is 5.96 Å². The van der Waals surface area contributed by atoms with Gasteiger partial charge in [-0.1, -0.05) is 0 Å². The Hall–Kier alpha value is -2.03. The number of ether oxygens (including phenoxy) is 3. The number of methoxy groups -OCH3 is 2. The second-order valence-electron chi connectivity index (χ2n) is 8.74. The lowest BCUT2D eigenvalue weighted by Crippen LogP contribution is -2.57. The van der Waals surface area contributed by atoms with E-state index in [1.807, 2.05) is 13.1 Å². The Morgan fingerprint density at radius 2 is 1.87 bits per heavy atom. The van der Waals surface area contributed by atoms with Crippen LogP contribution in [0, 0.1) is 0 Å². The number of aliphatic imine (C=N–C) groups is 1. The topological polar surface area (TPSA) is 70.6 Å². The third kappa shape index (κ3) is 6.24. The van der Waals surface area contributed by atoms with Crippen LogP contribution in [0.15, 0.2) is 23.2 Å². The number of likely N-dealkylation sites (tertiary alicyclic amines) is 1. The molecule has 1 atom stereocenters. The maximum atomic E-state index is 5.58. The van der Waals surface area contributed by atoms with Gasteiger partial charge in [-0.05, 0) is 51.1 Å². The number of guanidine groups is 1. The first-order chi connectivity index (χ1) is 15.0. The molecule has 2 saturated heterocycles. The van der Waals surface area contributed by atoms with Gasteiger partial charge in [0, 0.05) is 64.1 Å². The Labute approximate surface area is 186 Å². The summed E-state index contributed by atoms with van der Waals surface area (Å²) in [4.78, 5) is 9.26. The fourth-order valence-corrected chi connectivity index (χ4v) is 4.48. The fourth-order valence-electron chi connectivity index (χ4n) is 4.48. The summed E-state index contributed by atoms with van der Waals surface area (Å²) >= 11 is 0. The molecule has 1 unspecified atom stereocenters. The molecule has 1 aromatic rings. The second-order valence-corrected chi connectivity index (χ2v) is 8.74. The van der Waals surface area contributed by atoms with Crippen molar-refractivity contribution in [3.63, 3.8) is 0 Å². The minimum Gasteiger partial charge on any atom is -0.497 e. The van der Waals surface area contributed by atoms with E-state index in [1.54, 1.807) is 14.2 Å². The molecule has 2 aliphatic heterocycles. The number of nitrogens with one attached hydrogen (secondary N) is 2. The molecule has 0 aliphatic carbocycles. The smallest absolute Gasteiger partial charge is 0.191 e. The number of nitrogens with zero attached hydrogens (tertiary/aromatic N) is 3. The van der Waals surface area contributed by atoms with Crippen molar-refractivity contribution in [3.05, 3.63) is 23.8 Å². The summed E-state index contributed by atoms with van der Waals surface area (Å²) in [6.07, 6.45) is 3.16. The highest BCUT2D eigenvalue weighted by molar-refractivity contribution is 5.80. The Bertz CT molecular complexity index is 712.